The van der Waals surface area contributed by atoms with E-state index < -0.39 is 0 Å². The number of aromatic nitrogens is 2. The Bertz CT molecular complexity index is 305. The molecule has 0 spiro atoms. The average molecular weight is 209 g/mol. The second kappa shape index (κ2) is 4.77. The van der Waals surface area contributed by atoms with E-state index in [0.717, 1.165) is 13.2 Å². The van der Waals surface area contributed by atoms with Gasteiger partial charge in [0.25, 0.3) is 0 Å². The van der Waals surface area contributed by atoms with Crippen molar-refractivity contribution >= 4 is 0 Å². The maximum absolute atomic E-state index is 5.53. The molecule has 2 heterocycles. The van der Waals surface area contributed by atoms with Crippen molar-refractivity contribution in [3.05, 3.63) is 18.2 Å². The van der Waals surface area contributed by atoms with Crippen LogP contribution in [-0.4, -0.2) is 29.8 Å². The predicted octanol–water partition coefficient (Wildman–Crippen LogP) is 1.11. The number of aryl methyl sites for hydroxylation is 1. The summed E-state index contributed by atoms with van der Waals surface area (Å²) in [4.78, 5) is 4.17. The molecule has 1 fully saturated rings. The first kappa shape index (κ1) is 10.6. The summed E-state index contributed by atoms with van der Waals surface area (Å²) in [5.41, 5.74) is 1.24. The van der Waals surface area contributed by atoms with Crippen molar-refractivity contribution in [2.24, 2.45) is 13.0 Å². The van der Waals surface area contributed by atoms with Gasteiger partial charge in [0.2, 0.25) is 0 Å². The monoisotopic (exact) mass is 209 g/mol. The largest absolute Gasteiger partial charge is 0.381 e. The van der Waals surface area contributed by atoms with Crippen LogP contribution in [0, 0.1) is 5.92 Å². The highest BCUT2D eigenvalue weighted by Gasteiger charge is 2.25. The number of hydrogen-bond acceptors (Lipinski definition) is 3. The number of nitrogens with zero attached hydrogens (tertiary/aromatic N) is 2. The fourth-order valence-corrected chi connectivity index (χ4v) is 2.32. The van der Waals surface area contributed by atoms with Gasteiger partial charge in [-0.1, -0.05) is 0 Å². The van der Waals surface area contributed by atoms with Gasteiger partial charge >= 0.3 is 0 Å². The van der Waals surface area contributed by atoms with E-state index in [-0.39, 0.29) is 0 Å². The van der Waals surface area contributed by atoms with Crippen molar-refractivity contribution in [3.8, 4) is 0 Å². The molecule has 0 aliphatic carbocycles. The van der Waals surface area contributed by atoms with E-state index in [9.17, 15) is 0 Å². The van der Waals surface area contributed by atoms with Crippen molar-refractivity contribution in [1.29, 1.82) is 0 Å². The van der Waals surface area contributed by atoms with Crippen molar-refractivity contribution in [1.82, 2.24) is 14.9 Å². The van der Waals surface area contributed by atoms with Crippen LogP contribution in [0.3, 0.4) is 0 Å². The van der Waals surface area contributed by atoms with Crippen molar-refractivity contribution in [3.63, 3.8) is 0 Å². The molecule has 2 unspecified atom stereocenters. The molecule has 0 aromatic carbocycles. The van der Waals surface area contributed by atoms with E-state index in [1.165, 1.54) is 18.5 Å². The molecule has 84 valence electrons. The van der Waals surface area contributed by atoms with Crippen LogP contribution in [0.4, 0.5) is 0 Å². The lowest BCUT2D eigenvalue weighted by molar-refractivity contribution is 0.0391. The Labute approximate surface area is 90.6 Å². The Morgan fingerprint density at radius 3 is 3.07 bits per heavy atom. The lowest BCUT2D eigenvalue weighted by Gasteiger charge is -2.30. The van der Waals surface area contributed by atoms with Crippen LogP contribution in [0.25, 0.3) is 0 Å². The Morgan fingerprint density at radius 1 is 1.67 bits per heavy atom. The van der Waals surface area contributed by atoms with Crippen molar-refractivity contribution < 1.29 is 4.74 Å². The fourth-order valence-electron chi connectivity index (χ4n) is 2.32. The van der Waals surface area contributed by atoms with E-state index in [2.05, 4.69) is 14.9 Å². The van der Waals surface area contributed by atoms with Crippen LogP contribution in [0.5, 0.6) is 0 Å². The molecule has 2 rings (SSSR count). The highest BCUT2D eigenvalue weighted by atomic mass is 16.5. The molecule has 4 nitrogen and oxygen atoms in total. The minimum absolute atomic E-state index is 0.359. The summed E-state index contributed by atoms with van der Waals surface area (Å²) in [5.74, 6) is 0.569. The molecule has 15 heavy (non-hydrogen) atoms. The molecule has 1 aromatic rings. The van der Waals surface area contributed by atoms with E-state index in [4.69, 9.17) is 4.74 Å². The van der Waals surface area contributed by atoms with Crippen LogP contribution in [-0.2, 0) is 11.8 Å². The number of rotatable bonds is 3. The highest BCUT2D eigenvalue weighted by molar-refractivity contribution is 5.06. The van der Waals surface area contributed by atoms with Crippen molar-refractivity contribution in [2.45, 2.75) is 18.9 Å². The second-order valence-electron chi connectivity index (χ2n) is 4.17. The van der Waals surface area contributed by atoms with Gasteiger partial charge in [-0.25, -0.2) is 4.98 Å². The van der Waals surface area contributed by atoms with Gasteiger partial charge in [0.1, 0.15) is 0 Å². The summed E-state index contributed by atoms with van der Waals surface area (Å²) in [6.45, 7) is 1.77. The Hall–Kier alpha value is -0.870. The smallest absolute Gasteiger partial charge is 0.0946 e. The van der Waals surface area contributed by atoms with Crippen LogP contribution in [0.2, 0.25) is 0 Å². The van der Waals surface area contributed by atoms with Gasteiger partial charge < -0.3 is 14.6 Å². The Balaban J connectivity index is 2.12. The molecular weight excluding hydrogens is 190 g/mol. The molecule has 1 aliphatic heterocycles. The van der Waals surface area contributed by atoms with E-state index in [0.29, 0.717) is 12.0 Å². The third-order valence-corrected chi connectivity index (χ3v) is 3.15. The summed E-state index contributed by atoms with van der Waals surface area (Å²) in [5, 5.41) is 3.37. The number of hydrogen-bond donors (Lipinski definition) is 1. The second-order valence-corrected chi connectivity index (χ2v) is 4.17. The van der Waals surface area contributed by atoms with Crippen LogP contribution >= 0.6 is 0 Å². The molecule has 2 atom stereocenters. The van der Waals surface area contributed by atoms with Gasteiger partial charge in [-0.2, -0.15) is 0 Å². The lowest BCUT2D eigenvalue weighted by atomic mass is 9.92. The number of nitrogens with one attached hydrogen (secondary N) is 1. The average Bonchev–Trinajstić information content (AvgIpc) is 2.68. The Kier molecular flexibility index (Phi) is 3.38. The number of imidazole rings is 1. The topological polar surface area (TPSA) is 39.1 Å². The summed E-state index contributed by atoms with van der Waals surface area (Å²) < 4.78 is 7.61. The zero-order chi connectivity index (χ0) is 10.7. The van der Waals surface area contributed by atoms with E-state index in [1.807, 2.05) is 26.6 Å². The fraction of sp³-hybridized carbons (Fsp3) is 0.727. The Morgan fingerprint density at radius 2 is 2.53 bits per heavy atom. The summed E-state index contributed by atoms with van der Waals surface area (Å²) >= 11 is 0. The molecule has 0 saturated carbocycles. The predicted molar refractivity (Wildman–Crippen MR) is 58.6 cm³/mol. The van der Waals surface area contributed by atoms with Gasteiger partial charge in [0.05, 0.1) is 24.7 Å². The summed E-state index contributed by atoms with van der Waals surface area (Å²) in [7, 11) is 4.04. The third-order valence-electron chi connectivity index (χ3n) is 3.15. The normalized spacial score (nSPS) is 24.0. The first-order valence-electron chi connectivity index (χ1n) is 5.54. The molecule has 4 heteroatoms. The van der Waals surface area contributed by atoms with Crippen LogP contribution in [0.15, 0.2) is 12.5 Å². The molecule has 0 amide bonds. The first-order chi connectivity index (χ1) is 7.33. The highest BCUT2D eigenvalue weighted by Crippen LogP contribution is 2.27. The first-order valence-corrected chi connectivity index (χ1v) is 5.54. The third kappa shape index (κ3) is 2.21. The summed E-state index contributed by atoms with van der Waals surface area (Å²) in [6, 6.07) is 0.359. The van der Waals surface area contributed by atoms with Crippen molar-refractivity contribution in [2.75, 3.05) is 20.3 Å². The zero-order valence-electron chi connectivity index (χ0n) is 9.44. The maximum Gasteiger partial charge on any atom is 0.0946 e. The van der Waals surface area contributed by atoms with Gasteiger partial charge in [-0.05, 0) is 19.9 Å². The minimum atomic E-state index is 0.359. The minimum Gasteiger partial charge on any atom is -0.381 e. The standard InChI is InChI=1S/C11H19N3O/c1-12-11(9-4-3-5-15-7-9)10-6-13-8-14(10)2/h6,8-9,11-12H,3-5,7H2,1-2H3. The van der Waals surface area contributed by atoms with E-state index in [1.54, 1.807) is 0 Å². The van der Waals surface area contributed by atoms with Crippen LogP contribution in [0.1, 0.15) is 24.6 Å². The molecule has 1 saturated heterocycles. The van der Waals surface area contributed by atoms with Gasteiger partial charge in [-0.15, -0.1) is 0 Å². The van der Waals surface area contributed by atoms with Gasteiger partial charge in [0.15, 0.2) is 0 Å². The van der Waals surface area contributed by atoms with Gasteiger partial charge in [-0.3, -0.25) is 0 Å². The molecule has 1 aromatic heterocycles. The van der Waals surface area contributed by atoms with Gasteiger partial charge in [0, 0.05) is 25.8 Å². The van der Waals surface area contributed by atoms with E-state index >= 15 is 0 Å². The molecule has 0 radical (unpaired) electrons. The molecule has 1 N–H and O–H groups in total. The SMILES string of the molecule is CNC(c1cncn1C)C1CCCOC1. The summed E-state index contributed by atoms with van der Waals surface area (Å²) in [6.07, 6.45) is 6.19. The molecule has 1 aliphatic rings. The maximum atomic E-state index is 5.53. The lowest BCUT2D eigenvalue weighted by Crippen LogP contribution is -2.32. The quantitative estimate of drug-likeness (QED) is 0.810. The molecule has 0 bridgehead atoms. The molecular formula is C11H19N3O. The number of ether oxygens (including phenoxy) is 1. The van der Waals surface area contributed by atoms with Crippen LogP contribution < -0.4 is 5.32 Å². The zero-order valence-corrected chi connectivity index (χ0v) is 9.44.